The summed E-state index contributed by atoms with van der Waals surface area (Å²) in [5.74, 6) is 1.27. The van der Waals surface area contributed by atoms with Gasteiger partial charge in [0, 0.05) is 25.9 Å². The first-order valence-corrected chi connectivity index (χ1v) is 9.64. The SMILES string of the molecule is O=C(NCc1cc(Cl)c2c(c1)OCCCO2)C1CC(=O)N(Cc2ccco2)C1. The maximum atomic E-state index is 12.5. The number of hydrogen-bond acceptors (Lipinski definition) is 5. The number of fused-ring (bicyclic) bond motifs is 1. The van der Waals surface area contributed by atoms with Crippen LogP contribution in [0.1, 0.15) is 24.2 Å². The van der Waals surface area contributed by atoms with Gasteiger partial charge in [-0.1, -0.05) is 11.6 Å². The number of nitrogens with one attached hydrogen (secondary N) is 1. The number of furan rings is 1. The van der Waals surface area contributed by atoms with E-state index in [0.717, 1.165) is 12.0 Å². The molecular formula is C20H21ClN2O5. The first-order valence-electron chi connectivity index (χ1n) is 9.26. The topological polar surface area (TPSA) is 81.0 Å². The molecule has 2 amide bonds. The van der Waals surface area contributed by atoms with E-state index in [1.54, 1.807) is 23.3 Å². The van der Waals surface area contributed by atoms with Crippen molar-refractivity contribution >= 4 is 23.4 Å². The second-order valence-corrected chi connectivity index (χ2v) is 7.34. The quantitative estimate of drug-likeness (QED) is 0.828. The summed E-state index contributed by atoms with van der Waals surface area (Å²) >= 11 is 6.29. The Morgan fingerprint density at radius 2 is 2.14 bits per heavy atom. The highest BCUT2D eigenvalue weighted by atomic mass is 35.5. The van der Waals surface area contributed by atoms with E-state index in [2.05, 4.69) is 5.32 Å². The van der Waals surface area contributed by atoms with E-state index >= 15 is 0 Å². The van der Waals surface area contributed by atoms with Crippen LogP contribution in [-0.2, 0) is 22.7 Å². The molecule has 1 unspecified atom stereocenters. The molecule has 28 heavy (non-hydrogen) atoms. The largest absolute Gasteiger partial charge is 0.489 e. The van der Waals surface area contributed by atoms with E-state index in [4.69, 9.17) is 25.5 Å². The van der Waals surface area contributed by atoms with Gasteiger partial charge in [0.25, 0.3) is 0 Å². The van der Waals surface area contributed by atoms with E-state index < -0.39 is 0 Å². The molecule has 1 aromatic carbocycles. The highest BCUT2D eigenvalue weighted by Gasteiger charge is 2.34. The van der Waals surface area contributed by atoms with E-state index in [-0.39, 0.29) is 24.2 Å². The summed E-state index contributed by atoms with van der Waals surface area (Å²) in [7, 11) is 0. The number of nitrogens with zero attached hydrogens (tertiary/aromatic N) is 1. The van der Waals surface area contributed by atoms with Gasteiger partial charge >= 0.3 is 0 Å². The number of rotatable bonds is 5. The summed E-state index contributed by atoms with van der Waals surface area (Å²) in [5.41, 5.74) is 0.819. The number of likely N-dealkylation sites (tertiary alicyclic amines) is 1. The fourth-order valence-electron chi connectivity index (χ4n) is 3.41. The molecule has 1 N–H and O–H groups in total. The van der Waals surface area contributed by atoms with E-state index in [1.807, 2.05) is 12.1 Å². The molecule has 0 saturated carbocycles. The molecule has 2 aromatic rings. The van der Waals surface area contributed by atoms with Gasteiger partial charge in [0.05, 0.1) is 37.0 Å². The maximum absolute atomic E-state index is 12.5. The zero-order valence-corrected chi connectivity index (χ0v) is 16.0. The summed E-state index contributed by atoms with van der Waals surface area (Å²) in [5, 5.41) is 3.36. The predicted molar refractivity (Wildman–Crippen MR) is 101 cm³/mol. The van der Waals surface area contributed by atoms with Crippen molar-refractivity contribution in [1.29, 1.82) is 0 Å². The highest BCUT2D eigenvalue weighted by Crippen LogP contribution is 2.38. The predicted octanol–water partition coefficient (Wildman–Crippen LogP) is 2.76. The van der Waals surface area contributed by atoms with Crippen LogP contribution in [0.5, 0.6) is 11.5 Å². The summed E-state index contributed by atoms with van der Waals surface area (Å²) in [6.45, 7) is 2.19. The van der Waals surface area contributed by atoms with Crippen LogP contribution in [-0.4, -0.2) is 36.5 Å². The summed E-state index contributed by atoms with van der Waals surface area (Å²) in [6.07, 6.45) is 2.57. The van der Waals surface area contributed by atoms with Gasteiger partial charge in [0.15, 0.2) is 11.5 Å². The Kier molecular flexibility index (Phi) is 5.43. The van der Waals surface area contributed by atoms with Gasteiger partial charge in [0.2, 0.25) is 11.8 Å². The third-order valence-corrected chi connectivity index (χ3v) is 5.12. The third-order valence-electron chi connectivity index (χ3n) is 4.84. The lowest BCUT2D eigenvalue weighted by molar-refractivity contribution is -0.129. The maximum Gasteiger partial charge on any atom is 0.225 e. The third kappa shape index (κ3) is 4.09. The lowest BCUT2D eigenvalue weighted by Gasteiger charge is -2.15. The lowest BCUT2D eigenvalue weighted by atomic mass is 10.1. The van der Waals surface area contributed by atoms with Crippen molar-refractivity contribution in [3.63, 3.8) is 0 Å². The van der Waals surface area contributed by atoms with Crippen LogP contribution < -0.4 is 14.8 Å². The Morgan fingerprint density at radius 3 is 2.96 bits per heavy atom. The van der Waals surface area contributed by atoms with Crippen molar-refractivity contribution in [2.75, 3.05) is 19.8 Å². The Hall–Kier alpha value is -2.67. The average molecular weight is 405 g/mol. The Bertz CT molecular complexity index is 868. The molecule has 0 radical (unpaired) electrons. The molecule has 1 atom stereocenters. The number of carbonyl (C=O) groups is 2. The Morgan fingerprint density at radius 1 is 1.29 bits per heavy atom. The van der Waals surface area contributed by atoms with Gasteiger partial charge in [-0.2, -0.15) is 0 Å². The highest BCUT2D eigenvalue weighted by molar-refractivity contribution is 6.32. The van der Waals surface area contributed by atoms with Gasteiger partial charge in [-0.05, 0) is 29.8 Å². The minimum absolute atomic E-state index is 0.0461. The van der Waals surface area contributed by atoms with Crippen LogP contribution in [0.15, 0.2) is 34.9 Å². The first-order chi connectivity index (χ1) is 13.6. The zero-order chi connectivity index (χ0) is 19.5. The first kappa shape index (κ1) is 18.7. The summed E-state index contributed by atoms with van der Waals surface area (Å²) in [4.78, 5) is 26.4. The number of halogens is 1. The van der Waals surface area contributed by atoms with E-state index in [1.165, 1.54) is 0 Å². The van der Waals surface area contributed by atoms with Crippen LogP contribution in [0, 0.1) is 5.92 Å². The molecular weight excluding hydrogens is 384 g/mol. The molecule has 0 aliphatic carbocycles. The summed E-state index contributed by atoms with van der Waals surface area (Å²) < 4.78 is 16.6. The minimum atomic E-state index is -0.377. The van der Waals surface area contributed by atoms with Crippen LogP contribution in [0.25, 0.3) is 0 Å². The smallest absolute Gasteiger partial charge is 0.225 e. The lowest BCUT2D eigenvalue weighted by Crippen LogP contribution is -2.32. The van der Waals surface area contributed by atoms with Crippen LogP contribution in [0.3, 0.4) is 0 Å². The van der Waals surface area contributed by atoms with Gasteiger partial charge in [-0.15, -0.1) is 0 Å². The molecule has 1 aromatic heterocycles. The normalized spacial score (nSPS) is 18.8. The fraction of sp³-hybridized carbons (Fsp3) is 0.400. The molecule has 2 aliphatic rings. The number of amides is 2. The molecule has 1 fully saturated rings. The molecule has 8 heteroatoms. The van der Waals surface area contributed by atoms with Gasteiger partial charge in [-0.25, -0.2) is 0 Å². The van der Waals surface area contributed by atoms with Crippen molar-refractivity contribution in [2.24, 2.45) is 5.92 Å². The average Bonchev–Trinajstić information content (AvgIpc) is 3.24. The molecule has 0 spiro atoms. The summed E-state index contributed by atoms with van der Waals surface area (Å²) in [6, 6.07) is 7.18. The molecule has 4 rings (SSSR count). The zero-order valence-electron chi connectivity index (χ0n) is 15.3. The number of benzene rings is 1. The molecule has 7 nitrogen and oxygen atoms in total. The Labute approximate surface area is 167 Å². The molecule has 3 heterocycles. The van der Waals surface area contributed by atoms with E-state index in [9.17, 15) is 9.59 Å². The number of carbonyl (C=O) groups excluding carboxylic acids is 2. The molecule has 2 aliphatic heterocycles. The monoisotopic (exact) mass is 404 g/mol. The second kappa shape index (κ2) is 8.14. The van der Waals surface area contributed by atoms with Gasteiger partial charge < -0.3 is 24.1 Å². The fourth-order valence-corrected chi connectivity index (χ4v) is 3.70. The van der Waals surface area contributed by atoms with Crippen molar-refractivity contribution in [2.45, 2.75) is 25.9 Å². The minimum Gasteiger partial charge on any atom is -0.489 e. The van der Waals surface area contributed by atoms with E-state index in [0.29, 0.717) is 55.1 Å². The second-order valence-electron chi connectivity index (χ2n) is 6.93. The van der Waals surface area contributed by atoms with Crippen LogP contribution >= 0.6 is 11.6 Å². The Balaban J connectivity index is 1.35. The van der Waals surface area contributed by atoms with Crippen LogP contribution in [0.2, 0.25) is 5.02 Å². The van der Waals surface area contributed by atoms with Gasteiger partial charge in [-0.3, -0.25) is 9.59 Å². The van der Waals surface area contributed by atoms with Gasteiger partial charge in [0.1, 0.15) is 5.76 Å². The standard InChI is InChI=1S/C20H21ClN2O5/c21-16-7-13(8-17-19(16)28-6-2-5-27-17)10-22-20(25)14-9-18(24)23(11-14)12-15-3-1-4-26-15/h1,3-4,7-8,14H,2,5-6,9-12H2,(H,22,25). The van der Waals surface area contributed by atoms with Crippen molar-refractivity contribution in [1.82, 2.24) is 10.2 Å². The van der Waals surface area contributed by atoms with Crippen LogP contribution in [0.4, 0.5) is 0 Å². The van der Waals surface area contributed by atoms with Crippen molar-refractivity contribution in [3.8, 4) is 11.5 Å². The molecule has 1 saturated heterocycles. The van der Waals surface area contributed by atoms with Crippen molar-refractivity contribution in [3.05, 3.63) is 46.9 Å². The molecule has 0 bridgehead atoms. The van der Waals surface area contributed by atoms with Crippen molar-refractivity contribution < 1.29 is 23.5 Å². The number of hydrogen-bond donors (Lipinski definition) is 1. The number of ether oxygens (including phenoxy) is 2. The molecule has 148 valence electrons.